The van der Waals surface area contributed by atoms with Gasteiger partial charge in [0.25, 0.3) is 6.43 Å². The summed E-state index contributed by atoms with van der Waals surface area (Å²) in [6, 6.07) is 2.75. The van der Waals surface area contributed by atoms with Gasteiger partial charge in [-0.1, -0.05) is 0 Å². The molecule has 0 saturated carbocycles. The van der Waals surface area contributed by atoms with Crippen LogP contribution >= 0.6 is 0 Å². The van der Waals surface area contributed by atoms with E-state index in [-0.39, 0.29) is 0 Å². The first-order chi connectivity index (χ1) is 8.90. The highest BCUT2D eigenvalue weighted by Crippen LogP contribution is 2.31. The van der Waals surface area contributed by atoms with E-state index in [0.29, 0.717) is 6.07 Å². The molecule has 0 aromatic heterocycles. The van der Waals surface area contributed by atoms with Crippen LogP contribution in [0.5, 0.6) is 5.75 Å². The Kier molecular flexibility index (Phi) is 4.69. The van der Waals surface area contributed by atoms with Crippen molar-refractivity contribution in [1.29, 1.82) is 5.26 Å². The van der Waals surface area contributed by atoms with Gasteiger partial charge in [-0.2, -0.15) is 14.0 Å². The van der Waals surface area contributed by atoms with Crippen molar-refractivity contribution in [3.63, 3.8) is 0 Å². The Bertz CT molecular complexity index is 525. The van der Waals surface area contributed by atoms with Crippen molar-refractivity contribution in [3.8, 4) is 11.8 Å². The Balaban J connectivity index is 3.46. The maximum Gasteiger partial charge on any atom is 0.387 e. The molecule has 1 aromatic rings. The Labute approximate surface area is 105 Å². The molecule has 4 nitrogen and oxygen atoms in total. The number of rotatable bonds is 4. The number of methoxy groups -OCH3 is 1. The highest BCUT2D eigenvalue weighted by molar-refractivity contribution is 5.93. The third-order valence-corrected chi connectivity index (χ3v) is 2.12. The van der Waals surface area contributed by atoms with E-state index in [9.17, 15) is 22.4 Å². The number of alkyl halides is 4. The lowest BCUT2D eigenvalue weighted by Crippen LogP contribution is -2.10. The molecule has 0 bridgehead atoms. The summed E-state index contributed by atoms with van der Waals surface area (Å²) in [6.07, 6.45) is -3.13. The van der Waals surface area contributed by atoms with Gasteiger partial charge >= 0.3 is 12.6 Å². The van der Waals surface area contributed by atoms with Crippen molar-refractivity contribution in [2.45, 2.75) is 13.0 Å². The monoisotopic (exact) mass is 277 g/mol. The second kappa shape index (κ2) is 6.04. The molecule has 0 unspecified atom stereocenters. The molecule has 0 atom stereocenters. The number of esters is 1. The van der Waals surface area contributed by atoms with Crippen molar-refractivity contribution in [2.24, 2.45) is 0 Å². The minimum absolute atomic E-state index is 0.557. The van der Waals surface area contributed by atoms with Gasteiger partial charge in [-0.25, -0.2) is 13.6 Å². The molecule has 19 heavy (non-hydrogen) atoms. The number of benzene rings is 1. The highest BCUT2D eigenvalue weighted by Gasteiger charge is 2.23. The van der Waals surface area contributed by atoms with Crippen LogP contribution in [0.3, 0.4) is 0 Å². The number of carbonyl (C=O) groups is 1. The number of ether oxygens (including phenoxy) is 2. The Morgan fingerprint density at radius 3 is 2.37 bits per heavy atom. The Hall–Kier alpha value is -2.30. The van der Waals surface area contributed by atoms with E-state index < -0.39 is 41.4 Å². The van der Waals surface area contributed by atoms with Gasteiger partial charge in [0.05, 0.1) is 18.2 Å². The van der Waals surface area contributed by atoms with E-state index in [0.717, 1.165) is 13.2 Å². The molecule has 0 aliphatic carbocycles. The number of hydrogen-bond acceptors (Lipinski definition) is 4. The largest absolute Gasteiger partial charge is 0.465 e. The van der Waals surface area contributed by atoms with E-state index >= 15 is 0 Å². The zero-order valence-corrected chi connectivity index (χ0v) is 9.49. The van der Waals surface area contributed by atoms with Gasteiger partial charge in [-0.3, -0.25) is 0 Å². The van der Waals surface area contributed by atoms with Gasteiger partial charge in [0.1, 0.15) is 11.8 Å². The van der Waals surface area contributed by atoms with Crippen LogP contribution in [-0.4, -0.2) is 19.7 Å². The maximum absolute atomic E-state index is 12.7. The van der Waals surface area contributed by atoms with Crippen LogP contribution in [-0.2, 0) is 4.74 Å². The van der Waals surface area contributed by atoms with Crippen molar-refractivity contribution >= 4 is 5.97 Å². The van der Waals surface area contributed by atoms with Crippen LogP contribution in [0.4, 0.5) is 17.6 Å². The molecule has 0 fully saturated rings. The van der Waals surface area contributed by atoms with Crippen LogP contribution < -0.4 is 4.74 Å². The van der Waals surface area contributed by atoms with Crippen LogP contribution in [0.1, 0.15) is 27.9 Å². The normalized spacial score (nSPS) is 10.4. The molecule has 1 rings (SSSR count). The smallest absolute Gasteiger partial charge is 0.387 e. The van der Waals surface area contributed by atoms with Gasteiger partial charge in [0.2, 0.25) is 0 Å². The van der Waals surface area contributed by atoms with Crippen LogP contribution in [0.25, 0.3) is 0 Å². The molecule has 0 N–H and O–H groups in total. The lowest BCUT2D eigenvalue weighted by molar-refractivity contribution is -0.0501. The average molecular weight is 277 g/mol. The van der Waals surface area contributed by atoms with E-state index in [1.807, 2.05) is 0 Å². The summed E-state index contributed by atoms with van der Waals surface area (Å²) < 4.78 is 57.8. The van der Waals surface area contributed by atoms with Crippen molar-refractivity contribution < 1.29 is 31.8 Å². The highest BCUT2D eigenvalue weighted by atomic mass is 19.3. The fourth-order valence-electron chi connectivity index (χ4n) is 1.38. The van der Waals surface area contributed by atoms with Crippen LogP contribution in [0.15, 0.2) is 12.1 Å². The summed E-state index contributed by atoms with van der Waals surface area (Å²) in [6.45, 7) is -3.25. The molecule has 0 aliphatic rings. The fraction of sp³-hybridized carbons (Fsp3) is 0.273. The zero-order valence-electron chi connectivity index (χ0n) is 9.49. The third kappa shape index (κ3) is 3.34. The lowest BCUT2D eigenvalue weighted by Gasteiger charge is -2.11. The summed E-state index contributed by atoms with van der Waals surface area (Å²) in [5.41, 5.74) is -2.07. The molecule has 102 valence electrons. The van der Waals surface area contributed by atoms with Crippen LogP contribution in [0, 0.1) is 11.3 Å². The van der Waals surface area contributed by atoms with Gasteiger partial charge in [-0.05, 0) is 12.1 Å². The summed E-state index contributed by atoms with van der Waals surface area (Å²) in [5, 5.41) is 8.79. The molecule has 0 spiro atoms. The average Bonchev–Trinajstić information content (AvgIpc) is 2.35. The van der Waals surface area contributed by atoms with Gasteiger partial charge in [-0.15, -0.1) is 0 Å². The van der Waals surface area contributed by atoms with E-state index in [4.69, 9.17) is 5.26 Å². The molecular formula is C11H7F4NO3. The molecule has 0 saturated heterocycles. The van der Waals surface area contributed by atoms with E-state index in [1.54, 1.807) is 0 Å². The third-order valence-electron chi connectivity index (χ3n) is 2.12. The number of halogens is 4. The first-order valence-electron chi connectivity index (χ1n) is 4.80. The van der Waals surface area contributed by atoms with Gasteiger partial charge < -0.3 is 9.47 Å². The number of nitriles is 1. The van der Waals surface area contributed by atoms with E-state index in [2.05, 4.69) is 9.47 Å². The number of nitrogens with zero attached hydrogens (tertiary/aromatic N) is 1. The Morgan fingerprint density at radius 1 is 1.32 bits per heavy atom. The lowest BCUT2D eigenvalue weighted by atomic mass is 10.0. The zero-order chi connectivity index (χ0) is 14.6. The van der Waals surface area contributed by atoms with Crippen molar-refractivity contribution in [1.82, 2.24) is 0 Å². The second-order valence-electron chi connectivity index (χ2n) is 3.22. The fourth-order valence-corrected chi connectivity index (χ4v) is 1.38. The molecule has 0 heterocycles. The summed E-state index contributed by atoms with van der Waals surface area (Å²) in [5.74, 6) is -1.75. The summed E-state index contributed by atoms with van der Waals surface area (Å²) >= 11 is 0. The number of hydrogen-bond donors (Lipinski definition) is 0. The molecule has 0 radical (unpaired) electrons. The Morgan fingerprint density at radius 2 is 1.95 bits per heavy atom. The van der Waals surface area contributed by atoms with Crippen molar-refractivity contribution in [2.75, 3.05) is 7.11 Å². The van der Waals surface area contributed by atoms with Gasteiger partial charge in [0.15, 0.2) is 0 Å². The standard InChI is InChI=1S/C11H7F4NO3/c1-18-10(17)7-3-5(19-11(14)15)2-6(9(12)13)8(7)4-16/h2-3,9,11H,1H3. The van der Waals surface area contributed by atoms with E-state index in [1.165, 1.54) is 6.07 Å². The van der Waals surface area contributed by atoms with Gasteiger partial charge in [0, 0.05) is 5.56 Å². The van der Waals surface area contributed by atoms with Crippen molar-refractivity contribution in [3.05, 3.63) is 28.8 Å². The quantitative estimate of drug-likeness (QED) is 0.627. The molecule has 0 aliphatic heterocycles. The predicted octanol–water partition coefficient (Wildman–Crippen LogP) is 2.88. The minimum Gasteiger partial charge on any atom is -0.465 e. The number of carbonyl (C=O) groups excluding carboxylic acids is 1. The second-order valence-corrected chi connectivity index (χ2v) is 3.22. The predicted molar refractivity (Wildman–Crippen MR) is 54.1 cm³/mol. The topological polar surface area (TPSA) is 59.3 Å². The molecule has 8 heteroatoms. The van der Waals surface area contributed by atoms with Crippen LogP contribution in [0.2, 0.25) is 0 Å². The first-order valence-corrected chi connectivity index (χ1v) is 4.80. The molecule has 0 amide bonds. The minimum atomic E-state index is -3.25. The summed E-state index contributed by atoms with van der Waals surface area (Å²) in [4.78, 5) is 11.3. The maximum atomic E-state index is 12.7. The first kappa shape index (κ1) is 14.8. The SMILES string of the molecule is COC(=O)c1cc(OC(F)F)cc(C(F)F)c1C#N. The molecule has 1 aromatic carbocycles. The molecular weight excluding hydrogens is 270 g/mol. The summed E-state index contributed by atoms with van der Waals surface area (Å²) in [7, 11) is 0.964.